The Morgan fingerprint density at radius 3 is 2.56 bits per heavy atom. The van der Waals surface area contributed by atoms with Gasteiger partial charge in [0.05, 0.1) is 5.69 Å². The Kier molecular flexibility index (Phi) is 1.26. The van der Waals surface area contributed by atoms with Crippen molar-refractivity contribution >= 4 is 12.1 Å². The molecule has 0 fully saturated rings. The van der Waals surface area contributed by atoms with Gasteiger partial charge in [0.1, 0.15) is 5.82 Å². The standard InChI is InChI=1S/C6H8N2O/c1-8-5(4-9)2-3-6(8)7/h2-4H,7H2,1H3. The minimum atomic E-state index is 0.604. The molecule has 1 aromatic heterocycles. The number of nitrogens with zero attached hydrogens (tertiary/aromatic N) is 1. The maximum Gasteiger partial charge on any atom is 0.166 e. The van der Waals surface area contributed by atoms with Gasteiger partial charge in [-0.3, -0.25) is 4.79 Å². The summed E-state index contributed by atoms with van der Waals surface area (Å²) in [5.74, 6) is 0.608. The van der Waals surface area contributed by atoms with E-state index in [-0.39, 0.29) is 0 Å². The summed E-state index contributed by atoms with van der Waals surface area (Å²) in [5.41, 5.74) is 6.02. The number of carbonyl (C=O) groups is 1. The molecule has 0 aliphatic carbocycles. The van der Waals surface area contributed by atoms with Crippen molar-refractivity contribution in [1.29, 1.82) is 0 Å². The number of nitrogen functional groups attached to an aromatic ring is 1. The highest BCUT2D eigenvalue weighted by Crippen LogP contribution is 2.04. The molecule has 0 spiro atoms. The van der Waals surface area contributed by atoms with Crippen molar-refractivity contribution in [1.82, 2.24) is 4.57 Å². The van der Waals surface area contributed by atoms with Crippen molar-refractivity contribution in [2.24, 2.45) is 7.05 Å². The number of hydrogen-bond donors (Lipinski definition) is 1. The third kappa shape index (κ3) is 0.806. The highest BCUT2D eigenvalue weighted by Gasteiger charge is 1.96. The molecule has 3 heteroatoms. The van der Waals surface area contributed by atoms with Crippen LogP contribution in [0.5, 0.6) is 0 Å². The fourth-order valence-electron chi connectivity index (χ4n) is 0.662. The van der Waals surface area contributed by atoms with Crippen molar-refractivity contribution in [3.63, 3.8) is 0 Å². The molecule has 0 amide bonds. The molecule has 48 valence electrons. The van der Waals surface area contributed by atoms with Crippen LogP contribution in [-0.4, -0.2) is 10.9 Å². The Balaban J connectivity index is 3.18. The van der Waals surface area contributed by atoms with Crippen LogP contribution in [0.3, 0.4) is 0 Å². The molecule has 0 aliphatic rings. The van der Waals surface area contributed by atoms with E-state index in [2.05, 4.69) is 0 Å². The second kappa shape index (κ2) is 1.93. The van der Waals surface area contributed by atoms with Gasteiger partial charge in [0.15, 0.2) is 6.29 Å². The quantitative estimate of drug-likeness (QED) is 0.551. The molecule has 0 radical (unpaired) electrons. The molecular formula is C6H8N2O. The smallest absolute Gasteiger partial charge is 0.166 e. The van der Waals surface area contributed by atoms with E-state index in [1.54, 1.807) is 23.7 Å². The van der Waals surface area contributed by atoms with E-state index in [9.17, 15) is 4.79 Å². The second-order valence-corrected chi connectivity index (χ2v) is 1.86. The van der Waals surface area contributed by atoms with Crippen molar-refractivity contribution in [2.45, 2.75) is 0 Å². The number of carbonyl (C=O) groups excluding carboxylic acids is 1. The third-order valence-corrected chi connectivity index (χ3v) is 1.32. The van der Waals surface area contributed by atoms with Crippen molar-refractivity contribution < 1.29 is 4.79 Å². The van der Waals surface area contributed by atoms with E-state index < -0.39 is 0 Å². The first-order chi connectivity index (χ1) is 4.25. The highest BCUT2D eigenvalue weighted by molar-refractivity contribution is 5.73. The van der Waals surface area contributed by atoms with E-state index >= 15 is 0 Å². The predicted octanol–water partition coefficient (Wildman–Crippen LogP) is 0.420. The lowest BCUT2D eigenvalue weighted by molar-refractivity contribution is 0.111. The minimum absolute atomic E-state index is 0.604. The Labute approximate surface area is 53.1 Å². The molecule has 0 bridgehead atoms. The number of anilines is 1. The normalized spacial score (nSPS) is 9.44. The fraction of sp³-hybridized carbons (Fsp3) is 0.167. The topological polar surface area (TPSA) is 48.0 Å². The first kappa shape index (κ1) is 5.88. The Morgan fingerprint density at radius 1 is 1.67 bits per heavy atom. The van der Waals surface area contributed by atoms with Crippen LogP contribution in [0.25, 0.3) is 0 Å². The first-order valence-corrected chi connectivity index (χ1v) is 2.62. The van der Waals surface area contributed by atoms with E-state index in [1.807, 2.05) is 0 Å². The number of rotatable bonds is 1. The first-order valence-electron chi connectivity index (χ1n) is 2.62. The van der Waals surface area contributed by atoms with Gasteiger partial charge in [-0.1, -0.05) is 0 Å². The lowest BCUT2D eigenvalue weighted by Gasteiger charge is -1.95. The lowest BCUT2D eigenvalue weighted by atomic mass is 10.5. The summed E-state index contributed by atoms with van der Waals surface area (Å²) in [6.07, 6.45) is 0.774. The summed E-state index contributed by atoms with van der Waals surface area (Å²) in [6, 6.07) is 3.38. The van der Waals surface area contributed by atoms with Crippen LogP contribution in [0.1, 0.15) is 10.5 Å². The van der Waals surface area contributed by atoms with Crippen LogP contribution in [0, 0.1) is 0 Å². The largest absolute Gasteiger partial charge is 0.385 e. The summed E-state index contributed by atoms with van der Waals surface area (Å²) >= 11 is 0. The average molecular weight is 124 g/mol. The fourth-order valence-corrected chi connectivity index (χ4v) is 0.662. The summed E-state index contributed by atoms with van der Waals surface area (Å²) in [5, 5.41) is 0. The van der Waals surface area contributed by atoms with E-state index in [0.717, 1.165) is 6.29 Å². The number of hydrogen-bond acceptors (Lipinski definition) is 2. The third-order valence-electron chi connectivity index (χ3n) is 1.32. The number of nitrogens with two attached hydrogens (primary N) is 1. The van der Waals surface area contributed by atoms with Gasteiger partial charge in [0.25, 0.3) is 0 Å². The summed E-state index contributed by atoms with van der Waals surface area (Å²) in [6.45, 7) is 0. The molecule has 0 saturated carbocycles. The van der Waals surface area contributed by atoms with E-state index in [0.29, 0.717) is 11.5 Å². The lowest BCUT2D eigenvalue weighted by Crippen LogP contribution is -1.98. The maximum absolute atomic E-state index is 10.2. The molecular weight excluding hydrogens is 116 g/mol. The van der Waals surface area contributed by atoms with Gasteiger partial charge in [0.2, 0.25) is 0 Å². The molecule has 1 heterocycles. The molecule has 1 rings (SSSR count). The molecule has 3 nitrogen and oxygen atoms in total. The molecule has 1 aromatic rings. The number of aldehydes is 1. The summed E-state index contributed by atoms with van der Waals surface area (Å²) < 4.78 is 1.63. The Morgan fingerprint density at radius 2 is 2.33 bits per heavy atom. The van der Waals surface area contributed by atoms with Gasteiger partial charge in [-0.15, -0.1) is 0 Å². The average Bonchev–Trinajstić information content (AvgIpc) is 2.15. The van der Waals surface area contributed by atoms with Gasteiger partial charge in [-0.05, 0) is 12.1 Å². The van der Waals surface area contributed by atoms with Gasteiger partial charge < -0.3 is 10.3 Å². The van der Waals surface area contributed by atoms with Crippen LogP contribution >= 0.6 is 0 Å². The summed E-state index contributed by atoms with van der Waals surface area (Å²) in [4.78, 5) is 10.2. The summed E-state index contributed by atoms with van der Waals surface area (Å²) in [7, 11) is 1.75. The highest BCUT2D eigenvalue weighted by atomic mass is 16.1. The van der Waals surface area contributed by atoms with Crippen LogP contribution in [0.4, 0.5) is 5.82 Å². The SMILES string of the molecule is Cn1c(N)ccc1C=O. The van der Waals surface area contributed by atoms with Crippen LogP contribution < -0.4 is 5.73 Å². The van der Waals surface area contributed by atoms with Crippen molar-refractivity contribution in [3.05, 3.63) is 17.8 Å². The van der Waals surface area contributed by atoms with Gasteiger partial charge >= 0.3 is 0 Å². The van der Waals surface area contributed by atoms with Gasteiger partial charge in [0, 0.05) is 7.05 Å². The molecule has 0 atom stereocenters. The second-order valence-electron chi connectivity index (χ2n) is 1.86. The molecule has 9 heavy (non-hydrogen) atoms. The number of aromatic nitrogens is 1. The minimum Gasteiger partial charge on any atom is -0.385 e. The van der Waals surface area contributed by atoms with Crippen molar-refractivity contribution in [3.8, 4) is 0 Å². The van der Waals surface area contributed by atoms with Crippen molar-refractivity contribution in [2.75, 3.05) is 5.73 Å². The zero-order valence-electron chi connectivity index (χ0n) is 5.16. The molecule has 0 unspecified atom stereocenters. The zero-order chi connectivity index (χ0) is 6.85. The van der Waals surface area contributed by atoms with E-state index in [1.165, 1.54) is 0 Å². The van der Waals surface area contributed by atoms with Gasteiger partial charge in [-0.2, -0.15) is 0 Å². The van der Waals surface area contributed by atoms with E-state index in [4.69, 9.17) is 5.73 Å². The molecule has 2 N–H and O–H groups in total. The molecule has 0 saturated heterocycles. The monoisotopic (exact) mass is 124 g/mol. The Hall–Kier alpha value is -1.25. The molecule has 0 aliphatic heterocycles. The van der Waals surface area contributed by atoms with Gasteiger partial charge in [-0.25, -0.2) is 0 Å². The van der Waals surface area contributed by atoms with Crippen LogP contribution in [0.15, 0.2) is 12.1 Å². The molecule has 0 aromatic carbocycles. The van der Waals surface area contributed by atoms with Crippen LogP contribution in [-0.2, 0) is 7.05 Å². The Bertz CT molecular complexity index is 227. The maximum atomic E-state index is 10.2. The van der Waals surface area contributed by atoms with Crippen LogP contribution in [0.2, 0.25) is 0 Å². The predicted molar refractivity (Wildman–Crippen MR) is 35.2 cm³/mol. The zero-order valence-corrected chi connectivity index (χ0v) is 5.16.